The largest absolute Gasteiger partial charge is 0.374 e. The predicted octanol–water partition coefficient (Wildman–Crippen LogP) is 2.71. The monoisotopic (exact) mass is 457 g/mol. The minimum atomic E-state index is -1.65. The van der Waals surface area contributed by atoms with Crippen LogP contribution in [0.1, 0.15) is 49.9 Å². The molecule has 2 aromatic rings. The number of fused-ring (bicyclic) bond motifs is 1. The quantitative estimate of drug-likeness (QED) is 0.694. The second kappa shape index (κ2) is 9.33. The number of nitrogens with one attached hydrogen (secondary N) is 1. The number of rotatable bonds is 6. The second-order valence-electron chi connectivity index (χ2n) is 9.18. The van der Waals surface area contributed by atoms with Crippen molar-refractivity contribution in [2.75, 3.05) is 37.6 Å². The Balaban J connectivity index is 1.51. The van der Waals surface area contributed by atoms with Gasteiger partial charge in [-0.3, -0.25) is 4.79 Å². The number of halogens is 1. The highest BCUT2D eigenvalue weighted by atomic mass is 35.5. The molecule has 1 aromatic carbocycles. The average molecular weight is 458 g/mol. The van der Waals surface area contributed by atoms with Gasteiger partial charge in [-0.05, 0) is 36.5 Å². The molecule has 2 atom stereocenters. The van der Waals surface area contributed by atoms with Crippen LogP contribution in [-0.2, 0) is 16.8 Å². The Morgan fingerprint density at radius 3 is 2.56 bits per heavy atom. The summed E-state index contributed by atoms with van der Waals surface area (Å²) in [5, 5.41) is 15.4. The van der Waals surface area contributed by atoms with Crippen LogP contribution in [0.3, 0.4) is 0 Å². The van der Waals surface area contributed by atoms with Gasteiger partial charge >= 0.3 is 0 Å². The molecule has 0 saturated carbocycles. The minimum Gasteiger partial charge on any atom is -0.374 e. The van der Waals surface area contributed by atoms with Gasteiger partial charge < -0.3 is 20.2 Å². The van der Waals surface area contributed by atoms with E-state index < -0.39 is 5.60 Å². The molecule has 1 aliphatic heterocycles. The maximum absolute atomic E-state index is 13.6. The summed E-state index contributed by atoms with van der Waals surface area (Å²) < 4.78 is 0. The maximum atomic E-state index is 13.6. The summed E-state index contributed by atoms with van der Waals surface area (Å²) in [6, 6.07) is 7.01. The third-order valence-electron chi connectivity index (χ3n) is 6.56. The van der Waals surface area contributed by atoms with Gasteiger partial charge in [0.15, 0.2) is 5.60 Å². The van der Waals surface area contributed by atoms with E-state index in [1.807, 2.05) is 13.8 Å². The fourth-order valence-corrected chi connectivity index (χ4v) is 4.76. The van der Waals surface area contributed by atoms with Crippen molar-refractivity contribution in [3.05, 3.63) is 52.4 Å². The van der Waals surface area contributed by atoms with E-state index in [2.05, 4.69) is 27.1 Å². The number of amides is 1. The van der Waals surface area contributed by atoms with Crippen LogP contribution in [0.4, 0.5) is 5.82 Å². The van der Waals surface area contributed by atoms with Crippen LogP contribution in [-0.4, -0.2) is 64.6 Å². The Bertz CT molecular complexity index is 959. The van der Waals surface area contributed by atoms with Crippen LogP contribution in [0.5, 0.6) is 0 Å². The van der Waals surface area contributed by atoms with Crippen molar-refractivity contribution in [2.45, 2.75) is 51.2 Å². The number of aromatic nitrogens is 2. The fourth-order valence-electron chi connectivity index (χ4n) is 4.64. The molecule has 172 valence electrons. The van der Waals surface area contributed by atoms with E-state index in [-0.39, 0.29) is 18.5 Å². The Hall–Kier alpha value is -2.22. The first-order valence-electron chi connectivity index (χ1n) is 11.4. The fraction of sp³-hybridized carbons (Fsp3) is 0.542. The van der Waals surface area contributed by atoms with E-state index in [1.54, 1.807) is 35.5 Å². The van der Waals surface area contributed by atoms with Gasteiger partial charge in [0, 0.05) is 55.0 Å². The molecule has 8 heteroatoms. The summed E-state index contributed by atoms with van der Waals surface area (Å²) in [5.74, 6) is 1.17. The van der Waals surface area contributed by atoms with E-state index in [0.29, 0.717) is 42.7 Å². The van der Waals surface area contributed by atoms with Crippen LogP contribution in [0, 0.1) is 0 Å². The topological polar surface area (TPSA) is 81.6 Å². The maximum Gasteiger partial charge on any atom is 0.260 e. The highest BCUT2D eigenvalue weighted by molar-refractivity contribution is 6.30. The highest BCUT2D eigenvalue weighted by Gasteiger charge is 2.42. The molecule has 2 heterocycles. The summed E-state index contributed by atoms with van der Waals surface area (Å²) in [6.45, 7) is 8.77. The number of hydrogen-bond acceptors (Lipinski definition) is 6. The summed E-state index contributed by atoms with van der Waals surface area (Å²) in [5.41, 5.74) is 1.30. The number of benzene rings is 1. The lowest BCUT2D eigenvalue weighted by molar-refractivity contribution is -0.152. The van der Waals surface area contributed by atoms with Crippen molar-refractivity contribution < 1.29 is 9.90 Å². The van der Waals surface area contributed by atoms with Crippen LogP contribution < -0.4 is 10.2 Å². The molecule has 2 aliphatic rings. The summed E-state index contributed by atoms with van der Waals surface area (Å²) >= 11 is 6.03. The summed E-state index contributed by atoms with van der Waals surface area (Å²) in [6.07, 6.45) is 3.76. The van der Waals surface area contributed by atoms with E-state index in [1.165, 1.54) is 5.56 Å². The molecule has 0 bridgehead atoms. The van der Waals surface area contributed by atoms with Crippen LogP contribution in [0.2, 0.25) is 5.02 Å². The van der Waals surface area contributed by atoms with Crippen molar-refractivity contribution in [3.8, 4) is 0 Å². The molecular weight excluding hydrogens is 426 g/mol. The molecule has 1 fully saturated rings. The molecule has 2 unspecified atom stereocenters. The van der Waals surface area contributed by atoms with Gasteiger partial charge in [0.25, 0.3) is 5.91 Å². The number of aryl methyl sites for hydroxylation is 1. The lowest BCUT2D eigenvalue weighted by Crippen LogP contribution is -2.58. The van der Waals surface area contributed by atoms with Crippen molar-refractivity contribution in [1.29, 1.82) is 0 Å². The smallest absolute Gasteiger partial charge is 0.260 e. The van der Waals surface area contributed by atoms with Crippen molar-refractivity contribution >= 4 is 23.3 Å². The molecule has 7 nitrogen and oxygen atoms in total. The van der Waals surface area contributed by atoms with Gasteiger partial charge in [-0.1, -0.05) is 44.5 Å². The first-order chi connectivity index (χ1) is 15.3. The summed E-state index contributed by atoms with van der Waals surface area (Å²) in [4.78, 5) is 26.6. The molecule has 4 rings (SSSR count). The van der Waals surface area contributed by atoms with Crippen molar-refractivity contribution in [1.82, 2.24) is 20.2 Å². The number of nitrogens with zero attached hydrogens (tertiary/aromatic N) is 4. The normalized spacial score (nSPS) is 20.4. The molecular formula is C24H32ClN5O2. The summed E-state index contributed by atoms with van der Waals surface area (Å²) in [7, 11) is 0. The Kier molecular flexibility index (Phi) is 6.70. The van der Waals surface area contributed by atoms with E-state index in [9.17, 15) is 9.90 Å². The Morgan fingerprint density at radius 1 is 1.22 bits per heavy atom. The van der Waals surface area contributed by atoms with Crippen LogP contribution in [0.25, 0.3) is 0 Å². The number of carbonyl (C=O) groups is 1. The third-order valence-corrected chi connectivity index (χ3v) is 6.81. The van der Waals surface area contributed by atoms with Gasteiger partial charge in [-0.15, -0.1) is 0 Å². The van der Waals surface area contributed by atoms with Crippen molar-refractivity contribution in [3.63, 3.8) is 0 Å². The molecule has 32 heavy (non-hydrogen) atoms. The minimum absolute atomic E-state index is 0.139. The zero-order valence-electron chi connectivity index (χ0n) is 19.0. The predicted molar refractivity (Wildman–Crippen MR) is 126 cm³/mol. The molecule has 0 radical (unpaired) electrons. The number of aliphatic hydroxyl groups is 1. The van der Waals surface area contributed by atoms with Gasteiger partial charge in [-0.25, -0.2) is 9.97 Å². The lowest BCUT2D eigenvalue weighted by Gasteiger charge is -2.40. The molecule has 1 aromatic heterocycles. The first-order valence-corrected chi connectivity index (χ1v) is 11.8. The number of carbonyl (C=O) groups excluding carboxylic acids is 1. The Labute approximate surface area is 194 Å². The van der Waals surface area contributed by atoms with Gasteiger partial charge in [0.05, 0.1) is 0 Å². The SMILES string of the molecule is CC(C)NCC(O)(C(=O)N1CCN(c2ncnc3c2C(C)CC3)CC1)c1ccc(Cl)cc1. The van der Waals surface area contributed by atoms with Gasteiger partial charge in [-0.2, -0.15) is 0 Å². The van der Waals surface area contributed by atoms with Gasteiger partial charge in [0.1, 0.15) is 12.1 Å². The standard InChI is InChI=1S/C24H32ClN5O2/c1-16(2)26-14-24(32,18-5-7-19(25)8-6-18)23(31)30-12-10-29(11-13-30)22-21-17(3)4-9-20(21)27-15-28-22/h5-8,15-17,26,32H,4,9-14H2,1-3H3. The molecule has 1 amide bonds. The zero-order chi connectivity index (χ0) is 22.9. The van der Waals surface area contributed by atoms with Crippen LogP contribution in [0.15, 0.2) is 30.6 Å². The van der Waals surface area contributed by atoms with E-state index in [4.69, 9.17) is 11.6 Å². The van der Waals surface area contributed by atoms with Gasteiger partial charge in [0.2, 0.25) is 0 Å². The number of hydrogen-bond donors (Lipinski definition) is 2. The number of anilines is 1. The zero-order valence-corrected chi connectivity index (χ0v) is 19.8. The molecule has 1 saturated heterocycles. The van der Waals surface area contributed by atoms with E-state index in [0.717, 1.165) is 24.4 Å². The average Bonchev–Trinajstić information content (AvgIpc) is 3.18. The third kappa shape index (κ3) is 4.47. The number of piperazine rings is 1. The second-order valence-corrected chi connectivity index (χ2v) is 9.62. The van der Waals surface area contributed by atoms with Crippen LogP contribution >= 0.6 is 11.6 Å². The molecule has 1 aliphatic carbocycles. The first kappa shape index (κ1) is 23.0. The highest BCUT2D eigenvalue weighted by Crippen LogP contribution is 2.37. The van der Waals surface area contributed by atoms with Crippen molar-refractivity contribution in [2.24, 2.45) is 0 Å². The Morgan fingerprint density at radius 2 is 1.91 bits per heavy atom. The lowest BCUT2D eigenvalue weighted by atomic mass is 9.91. The molecule has 0 spiro atoms. The van der Waals surface area contributed by atoms with E-state index >= 15 is 0 Å². The molecule has 2 N–H and O–H groups in total.